The van der Waals surface area contributed by atoms with Gasteiger partial charge in [0.25, 0.3) is 5.56 Å². The molecule has 0 unspecified atom stereocenters. The molecule has 0 aliphatic rings. The van der Waals surface area contributed by atoms with E-state index in [1.54, 1.807) is 11.8 Å². The average molecular weight is 351 g/mol. The molecule has 0 aliphatic heterocycles. The first kappa shape index (κ1) is 17.0. The SMILES string of the molecule is CSc1ccc(/C=N/NC(=O)CSc2n[nH]c(=O)[nH]c2=O)cc1. The first-order valence-electron chi connectivity index (χ1n) is 6.36. The molecule has 0 saturated heterocycles. The summed E-state index contributed by atoms with van der Waals surface area (Å²) in [7, 11) is 0. The molecule has 8 nitrogen and oxygen atoms in total. The van der Waals surface area contributed by atoms with Gasteiger partial charge in [0, 0.05) is 4.90 Å². The number of nitrogens with one attached hydrogen (secondary N) is 3. The second-order valence-electron chi connectivity index (χ2n) is 4.17. The maximum absolute atomic E-state index is 11.6. The van der Waals surface area contributed by atoms with Crippen molar-refractivity contribution in [2.24, 2.45) is 5.10 Å². The molecule has 1 amide bonds. The van der Waals surface area contributed by atoms with Gasteiger partial charge in [0.2, 0.25) is 5.91 Å². The zero-order chi connectivity index (χ0) is 16.7. The highest BCUT2D eigenvalue weighted by Crippen LogP contribution is 2.13. The van der Waals surface area contributed by atoms with Crippen molar-refractivity contribution in [1.82, 2.24) is 20.6 Å². The third kappa shape index (κ3) is 5.42. The van der Waals surface area contributed by atoms with Crippen molar-refractivity contribution in [3.8, 4) is 0 Å². The van der Waals surface area contributed by atoms with E-state index in [2.05, 4.69) is 20.7 Å². The maximum atomic E-state index is 11.6. The Bertz CT molecular complexity index is 813. The number of hydrazone groups is 1. The van der Waals surface area contributed by atoms with Crippen molar-refractivity contribution in [2.75, 3.05) is 12.0 Å². The van der Waals surface area contributed by atoms with Gasteiger partial charge in [-0.1, -0.05) is 23.9 Å². The summed E-state index contributed by atoms with van der Waals surface area (Å²) in [5.41, 5.74) is 1.88. The van der Waals surface area contributed by atoms with Gasteiger partial charge >= 0.3 is 5.69 Å². The lowest BCUT2D eigenvalue weighted by Crippen LogP contribution is -2.26. The number of H-pyrrole nitrogens is 2. The van der Waals surface area contributed by atoms with Crippen LogP contribution in [0.15, 0.2) is 48.9 Å². The number of aromatic amines is 2. The number of hydrogen-bond acceptors (Lipinski definition) is 7. The predicted octanol–water partition coefficient (Wildman–Crippen LogP) is 0.422. The van der Waals surface area contributed by atoms with E-state index in [9.17, 15) is 14.4 Å². The molecular weight excluding hydrogens is 338 g/mol. The number of rotatable bonds is 6. The lowest BCUT2D eigenvalue weighted by atomic mass is 10.2. The van der Waals surface area contributed by atoms with Crippen LogP contribution < -0.4 is 16.7 Å². The summed E-state index contributed by atoms with van der Waals surface area (Å²) in [4.78, 5) is 37.0. The van der Waals surface area contributed by atoms with E-state index in [4.69, 9.17) is 0 Å². The summed E-state index contributed by atoms with van der Waals surface area (Å²) in [5, 5.41) is 9.50. The molecule has 120 valence electrons. The Morgan fingerprint density at radius 2 is 2.09 bits per heavy atom. The van der Waals surface area contributed by atoms with Crippen molar-refractivity contribution >= 4 is 35.6 Å². The minimum atomic E-state index is -0.694. The van der Waals surface area contributed by atoms with E-state index in [0.29, 0.717) is 0 Å². The largest absolute Gasteiger partial charge is 0.342 e. The minimum Gasteiger partial charge on any atom is -0.272 e. The van der Waals surface area contributed by atoms with Crippen LogP contribution in [0.1, 0.15) is 5.56 Å². The van der Waals surface area contributed by atoms with Crippen molar-refractivity contribution in [2.45, 2.75) is 9.92 Å². The van der Waals surface area contributed by atoms with Crippen LogP contribution in [-0.4, -0.2) is 39.3 Å². The third-order valence-electron chi connectivity index (χ3n) is 2.54. The van der Waals surface area contributed by atoms with Crippen molar-refractivity contribution in [3.63, 3.8) is 0 Å². The lowest BCUT2D eigenvalue weighted by Gasteiger charge is -1.99. The number of hydrogen-bond donors (Lipinski definition) is 3. The van der Waals surface area contributed by atoms with E-state index in [0.717, 1.165) is 22.2 Å². The molecule has 0 saturated carbocycles. The molecule has 0 atom stereocenters. The van der Waals surface area contributed by atoms with Crippen molar-refractivity contribution < 1.29 is 4.79 Å². The van der Waals surface area contributed by atoms with Crippen LogP contribution in [0.3, 0.4) is 0 Å². The summed E-state index contributed by atoms with van der Waals surface area (Å²) in [5.74, 6) is -0.440. The van der Waals surface area contributed by atoms with Crippen LogP contribution in [0, 0.1) is 0 Å². The molecule has 0 radical (unpaired) electrons. The predicted molar refractivity (Wildman–Crippen MR) is 90.2 cm³/mol. The van der Waals surface area contributed by atoms with Gasteiger partial charge in [0.05, 0.1) is 12.0 Å². The van der Waals surface area contributed by atoms with Crippen molar-refractivity contribution in [1.29, 1.82) is 0 Å². The fourth-order valence-electron chi connectivity index (χ4n) is 1.47. The number of carbonyl (C=O) groups is 1. The second kappa shape index (κ2) is 8.34. The molecular formula is C13H13N5O3S2. The Morgan fingerprint density at radius 3 is 2.74 bits per heavy atom. The van der Waals surface area contributed by atoms with E-state index in [-0.39, 0.29) is 16.7 Å². The molecule has 2 rings (SSSR count). The summed E-state index contributed by atoms with van der Waals surface area (Å²) in [6, 6.07) is 7.69. The Kier molecular flexibility index (Phi) is 6.18. The van der Waals surface area contributed by atoms with Gasteiger partial charge in [-0.3, -0.25) is 14.6 Å². The van der Waals surface area contributed by atoms with E-state index >= 15 is 0 Å². The number of aromatic nitrogens is 3. The van der Waals surface area contributed by atoms with Gasteiger partial charge < -0.3 is 0 Å². The topological polar surface area (TPSA) is 120 Å². The van der Waals surface area contributed by atoms with Crippen LogP contribution in [0.5, 0.6) is 0 Å². The summed E-state index contributed by atoms with van der Waals surface area (Å²) in [6.07, 6.45) is 3.51. The Morgan fingerprint density at radius 1 is 1.35 bits per heavy atom. The van der Waals surface area contributed by atoms with E-state index in [1.165, 1.54) is 6.21 Å². The molecule has 0 fully saturated rings. The maximum Gasteiger partial charge on any atom is 0.342 e. The highest BCUT2D eigenvalue weighted by Gasteiger charge is 2.06. The molecule has 0 bridgehead atoms. The molecule has 1 aromatic heterocycles. The third-order valence-corrected chi connectivity index (χ3v) is 4.24. The van der Waals surface area contributed by atoms with Crippen LogP contribution in [0.2, 0.25) is 0 Å². The van der Waals surface area contributed by atoms with Gasteiger partial charge in [-0.2, -0.15) is 10.2 Å². The number of benzene rings is 1. The molecule has 0 aliphatic carbocycles. The summed E-state index contributed by atoms with van der Waals surface area (Å²) >= 11 is 2.54. The zero-order valence-corrected chi connectivity index (χ0v) is 13.7. The molecule has 23 heavy (non-hydrogen) atoms. The quantitative estimate of drug-likeness (QED) is 0.394. The Labute approximate surface area is 139 Å². The van der Waals surface area contributed by atoms with Gasteiger partial charge in [0.15, 0.2) is 5.03 Å². The minimum absolute atomic E-state index is 0.0105. The highest BCUT2D eigenvalue weighted by atomic mass is 32.2. The van der Waals surface area contributed by atoms with E-state index in [1.807, 2.05) is 35.5 Å². The van der Waals surface area contributed by atoms with Crippen LogP contribution in [0.4, 0.5) is 0 Å². The number of amides is 1. The molecule has 1 aromatic carbocycles. The highest BCUT2D eigenvalue weighted by molar-refractivity contribution is 7.99. The molecule has 1 heterocycles. The molecule has 10 heteroatoms. The Hall–Kier alpha value is -2.33. The van der Waals surface area contributed by atoms with Crippen LogP contribution in [-0.2, 0) is 4.79 Å². The lowest BCUT2D eigenvalue weighted by molar-refractivity contribution is -0.118. The van der Waals surface area contributed by atoms with Gasteiger partial charge in [-0.05, 0) is 24.0 Å². The zero-order valence-electron chi connectivity index (χ0n) is 12.0. The van der Waals surface area contributed by atoms with Gasteiger partial charge in [0.1, 0.15) is 0 Å². The number of thioether (sulfide) groups is 2. The number of nitrogens with zero attached hydrogens (tertiary/aromatic N) is 2. The van der Waals surface area contributed by atoms with Crippen LogP contribution in [0.25, 0.3) is 0 Å². The second-order valence-corrected chi connectivity index (χ2v) is 6.01. The normalized spacial score (nSPS) is 10.8. The van der Waals surface area contributed by atoms with Crippen LogP contribution >= 0.6 is 23.5 Å². The smallest absolute Gasteiger partial charge is 0.272 e. The Balaban J connectivity index is 1.83. The molecule has 2 aromatic rings. The molecule has 0 spiro atoms. The summed E-state index contributed by atoms with van der Waals surface area (Å²) < 4.78 is 0. The van der Waals surface area contributed by atoms with Gasteiger partial charge in [-0.25, -0.2) is 15.3 Å². The fraction of sp³-hybridized carbons (Fsp3) is 0.154. The first-order valence-corrected chi connectivity index (χ1v) is 8.57. The van der Waals surface area contributed by atoms with E-state index < -0.39 is 11.2 Å². The average Bonchev–Trinajstić information content (AvgIpc) is 2.54. The fourth-order valence-corrected chi connectivity index (χ4v) is 2.50. The monoisotopic (exact) mass is 351 g/mol. The summed E-state index contributed by atoms with van der Waals surface area (Å²) in [6.45, 7) is 0. The first-order chi connectivity index (χ1) is 11.1. The molecule has 3 N–H and O–H groups in total. The van der Waals surface area contributed by atoms with Crippen molar-refractivity contribution in [3.05, 3.63) is 50.7 Å². The number of carbonyl (C=O) groups excluding carboxylic acids is 1. The standard InChI is InChI=1S/C13H13N5O3S2/c1-22-9-4-2-8(3-5-9)6-14-16-10(19)7-23-12-11(20)15-13(21)18-17-12/h2-6H,7H2,1H3,(H,16,19)(H2,15,18,20,21)/b14-6+. The van der Waals surface area contributed by atoms with Gasteiger partial charge in [-0.15, -0.1) is 11.8 Å².